The van der Waals surface area contributed by atoms with Gasteiger partial charge in [0.05, 0.1) is 68.3 Å². The van der Waals surface area contributed by atoms with Crippen LogP contribution in [0, 0.1) is 18.3 Å². The second-order valence-electron chi connectivity index (χ2n) is 17.2. The number of aromatic nitrogens is 7. The lowest BCUT2D eigenvalue weighted by atomic mass is 9.56. The zero-order chi connectivity index (χ0) is 47.5. The molecule has 0 spiro atoms. The van der Waals surface area contributed by atoms with Crippen LogP contribution in [0.4, 0.5) is 5.82 Å². The molecule has 3 aromatic carbocycles. The maximum atomic E-state index is 15.4. The number of allylic oxidation sites excluding steroid dienone is 2. The van der Waals surface area contributed by atoms with Crippen LogP contribution in [0.15, 0.2) is 74.6 Å². The number of nitrogens with zero attached hydrogens (tertiary/aromatic N) is 8. The number of methoxy groups -OCH3 is 4. The molecule has 10 rings (SSSR count). The average molecular weight is 949 g/mol. The quantitative estimate of drug-likeness (QED) is 0.134. The van der Waals surface area contributed by atoms with Gasteiger partial charge in [-0.1, -0.05) is 17.7 Å². The molecule has 2 fully saturated rings. The van der Waals surface area contributed by atoms with Gasteiger partial charge in [-0.2, -0.15) is 5.10 Å². The number of amides is 2. The molecule has 67 heavy (non-hydrogen) atoms. The van der Waals surface area contributed by atoms with Crippen molar-refractivity contribution in [3.05, 3.63) is 113 Å². The summed E-state index contributed by atoms with van der Waals surface area (Å²) in [6.45, 7) is 3.52. The molecule has 20 heteroatoms. The highest BCUT2D eigenvalue weighted by atomic mass is 35.5. The van der Waals surface area contributed by atoms with Crippen molar-refractivity contribution in [1.82, 2.24) is 33.3 Å². The average Bonchev–Trinajstić information content (AvgIpc) is 3.99. The highest BCUT2D eigenvalue weighted by molar-refractivity contribution is 7.22. The summed E-state index contributed by atoms with van der Waals surface area (Å²) in [7, 11) is 9.05. The van der Waals surface area contributed by atoms with E-state index in [1.807, 2.05) is 31.2 Å². The van der Waals surface area contributed by atoms with Crippen molar-refractivity contribution in [3.63, 3.8) is 0 Å². The zero-order valence-electron chi connectivity index (χ0n) is 37.7. The van der Waals surface area contributed by atoms with Crippen LogP contribution in [0.3, 0.4) is 0 Å². The van der Waals surface area contributed by atoms with Crippen molar-refractivity contribution in [1.29, 1.82) is 0 Å². The standard InChI is InChI=1S/C47H45ClN8O10S/c1-22-26-17-24(48)9-10-37(26)67-41(22)30-20-38(52(4)50-30)55-42(58)27-18-31-25(39(47(27,2)44(55)60)23-15-35(65-7)40(57)36(16-23)66-8)11-14-54-45(61)53(46(62)56(31)54)13-12-28-43(59)51(3)32-21-34(64-6)33(63-5)19-29(32)49-28/h9-11,15-17,19-21,27,31,39,57H,12-14,18H2,1-8H3/t27-,31+,39-,47+/m0/s1. The minimum absolute atomic E-state index is 0.00538. The van der Waals surface area contributed by atoms with Crippen molar-refractivity contribution in [2.24, 2.45) is 25.4 Å². The lowest BCUT2D eigenvalue weighted by Gasteiger charge is -2.47. The first-order valence-electron chi connectivity index (χ1n) is 21.4. The number of ether oxygens (including phenoxy) is 4. The first-order chi connectivity index (χ1) is 32.0. The predicted octanol–water partition coefficient (Wildman–Crippen LogP) is 5.48. The Morgan fingerprint density at radius 1 is 0.896 bits per heavy atom. The number of aryl methyl sites for hydroxylation is 4. The number of rotatable bonds is 10. The van der Waals surface area contributed by atoms with E-state index in [0.717, 1.165) is 25.1 Å². The predicted molar refractivity (Wildman–Crippen MR) is 250 cm³/mol. The van der Waals surface area contributed by atoms with E-state index in [1.54, 1.807) is 51.4 Å². The van der Waals surface area contributed by atoms with E-state index in [1.165, 1.54) is 63.3 Å². The van der Waals surface area contributed by atoms with E-state index in [2.05, 4.69) is 4.98 Å². The number of benzene rings is 3. The number of carbonyl (C=O) groups is 2. The number of hydrogen-bond donors (Lipinski definition) is 1. The van der Waals surface area contributed by atoms with Gasteiger partial charge in [0, 0.05) is 60.9 Å². The van der Waals surface area contributed by atoms with Crippen LogP contribution >= 0.6 is 22.9 Å². The third-order valence-corrected chi connectivity index (χ3v) is 15.4. The van der Waals surface area contributed by atoms with Gasteiger partial charge in [-0.15, -0.1) is 11.3 Å². The second kappa shape index (κ2) is 15.8. The Kier molecular flexibility index (Phi) is 10.3. The number of aromatic hydroxyl groups is 1. The molecule has 1 N–H and O–H groups in total. The topological polar surface area (TPSA) is 196 Å². The van der Waals surface area contributed by atoms with Crippen molar-refractivity contribution >= 4 is 61.7 Å². The Hall–Kier alpha value is -7.12. The van der Waals surface area contributed by atoms with Gasteiger partial charge in [0.25, 0.3) is 5.56 Å². The highest BCUT2D eigenvalue weighted by Crippen LogP contribution is 2.62. The number of halogens is 1. The molecule has 0 unspecified atom stereocenters. The highest BCUT2D eigenvalue weighted by Gasteiger charge is 2.66. The van der Waals surface area contributed by atoms with Crippen LogP contribution in [-0.4, -0.2) is 78.6 Å². The third-order valence-electron chi connectivity index (χ3n) is 13.9. The van der Waals surface area contributed by atoms with Crippen LogP contribution in [-0.2, 0) is 43.2 Å². The minimum atomic E-state index is -1.45. The molecular weight excluding hydrogens is 904 g/mol. The molecule has 2 amide bonds. The maximum Gasteiger partial charge on any atom is 0.347 e. The number of phenols is 1. The molecule has 3 aliphatic rings. The molecule has 7 aromatic rings. The fraction of sp³-hybridized carbons (Fsp3) is 0.340. The van der Waals surface area contributed by atoms with E-state index < -0.39 is 52.0 Å². The molecule has 6 heterocycles. The lowest BCUT2D eigenvalue weighted by molar-refractivity contribution is -0.129. The lowest BCUT2D eigenvalue weighted by Crippen LogP contribution is -2.49. The molecule has 1 saturated carbocycles. The Morgan fingerprint density at radius 3 is 2.27 bits per heavy atom. The molecule has 1 aliphatic carbocycles. The Morgan fingerprint density at radius 2 is 1.58 bits per heavy atom. The fourth-order valence-corrected chi connectivity index (χ4v) is 11.8. The van der Waals surface area contributed by atoms with E-state index >= 15 is 9.59 Å². The molecule has 4 aromatic heterocycles. The number of imide groups is 1. The van der Waals surface area contributed by atoms with Gasteiger partial charge < -0.3 is 28.6 Å². The van der Waals surface area contributed by atoms with Gasteiger partial charge in [-0.3, -0.25) is 19.1 Å². The Balaban J connectivity index is 1.07. The Labute approximate surface area is 390 Å². The number of phenolic OH excluding ortho intramolecular Hbond substituents is 1. The van der Waals surface area contributed by atoms with Crippen molar-refractivity contribution in [3.8, 4) is 39.3 Å². The van der Waals surface area contributed by atoms with Gasteiger partial charge in [-0.05, 0) is 72.7 Å². The molecule has 18 nitrogen and oxygen atoms in total. The summed E-state index contributed by atoms with van der Waals surface area (Å²) in [6, 6.07) is 13.0. The van der Waals surface area contributed by atoms with Crippen molar-refractivity contribution < 1.29 is 33.6 Å². The smallest absolute Gasteiger partial charge is 0.347 e. The van der Waals surface area contributed by atoms with Crippen LogP contribution in [0.25, 0.3) is 31.7 Å². The third kappa shape index (κ3) is 6.30. The van der Waals surface area contributed by atoms with Crippen LogP contribution < -0.4 is 40.8 Å². The summed E-state index contributed by atoms with van der Waals surface area (Å²) in [6.07, 6.45) is 1.77. The fourth-order valence-electron chi connectivity index (χ4n) is 10.5. The van der Waals surface area contributed by atoms with Gasteiger partial charge in [0.1, 0.15) is 17.2 Å². The molecule has 0 bridgehead atoms. The zero-order valence-corrected chi connectivity index (χ0v) is 39.3. The van der Waals surface area contributed by atoms with E-state index in [4.69, 9.17) is 35.6 Å². The molecule has 1 saturated heterocycles. The van der Waals surface area contributed by atoms with E-state index in [-0.39, 0.29) is 54.7 Å². The Bertz CT molecular complexity index is 3480. The van der Waals surface area contributed by atoms with Crippen LogP contribution in [0.5, 0.6) is 28.7 Å². The first kappa shape index (κ1) is 43.8. The monoisotopic (exact) mass is 948 g/mol. The van der Waals surface area contributed by atoms with Gasteiger partial charge in [0.15, 0.2) is 23.0 Å². The van der Waals surface area contributed by atoms with Gasteiger partial charge in [0.2, 0.25) is 17.6 Å². The van der Waals surface area contributed by atoms with Crippen molar-refractivity contribution in [2.45, 2.75) is 51.7 Å². The summed E-state index contributed by atoms with van der Waals surface area (Å²) in [4.78, 5) is 79.7. The summed E-state index contributed by atoms with van der Waals surface area (Å²) in [5, 5.41) is 17.4. The van der Waals surface area contributed by atoms with Crippen molar-refractivity contribution in [2.75, 3.05) is 33.3 Å². The van der Waals surface area contributed by atoms with Gasteiger partial charge >= 0.3 is 11.4 Å². The SMILES string of the molecule is COc1cc2nc(CCn3c(=O)n4n(c3=O)[C@@H]3C[C@H]5C(=O)N(c6cc(-c7sc8ccc(Cl)cc8c7C)nn6C)C(=O)[C@@]5(C)[C@@H](c5cc(OC)c(O)c(OC)c5)C3=CC4)c(=O)n(C)c2cc1OC. The minimum Gasteiger partial charge on any atom is -0.502 e. The summed E-state index contributed by atoms with van der Waals surface area (Å²) in [5.41, 5.74) is 0.593. The normalized spacial score (nSPS) is 20.0. The number of fused-ring (bicyclic) bond motifs is 6. The van der Waals surface area contributed by atoms with Crippen LogP contribution in [0.2, 0.25) is 5.02 Å². The molecular formula is C47H45ClN8O10S. The number of anilines is 1. The van der Waals surface area contributed by atoms with Crippen LogP contribution in [0.1, 0.15) is 42.1 Å². The largest absolute Gasteiger partial charge is 0.502 e. The molecule has 346 valence electrons. The number of thiophene rings is 1. The number of hydrogen-bond acceptors (Lipinski definition) is 13. The summed E-state index contributed by atoms with van der Waals surface area (Å²) < 4.78 is 29.8. The second-order valence-corrected chi connectivity index (χ2v) is 18.7. The molecule has 2 aliphatic heterocycles. The molecule has 0 radical (unpaired) electrons. The van der Waals surface area contributed by atoms with Gasteiger partial charge in [-0.25, -0.2) is 33.4 Å². The number of carbonyl (C=O) groups excluding carboxylic acids is 2. The molecule has 4 atom stereocenters. The first-order valence-corrected chi connectivity index (χ1v) is 22.6. The maximum absolute atomic E-state index is 15.4. The summed E-state index contributed by atoms with van der Waals surface area (Å²) >= 11 is 7.88. The van der Waals surface area contributed by atoms with E-state index in [0.29, 0.717) is 44.4 Å². The summed E-state index contributed by atoms with van der Waals surface area (Å²) in [5.74, 6) is -1.89. The van der Waals surface area contributed by atoms with E-state index in [9.17, 15) is 19.5 Å².